The monoisotopic (exact) mass is 1210 g/mol. The number of hydrogen-bond donors (Lipinski definition) is 4. The Morgan fingerprint density at radius 2 is 0.760 bits per heavy atom. The molecule has 0 fully saturated rings. The van der Waals surface area contributed by atoms with E-state index in [2.05, 4.69) is 30.7 Å². The number of nitrogens with zero attached hydrogens (tertiary/aromatic N) is 5. The molecule has 0 amide bonds. The van der Waals surface area contributed by atoms with Crippen LogP contribution in [0.4, 0.5) is 17.1 Å². The van der Waals surface area contributed by atoms with Crippen molar-refractivity contribution in [2.75, 3.05) is 66.6 Å². The summed E-state index contributed by atoms with van der Waals surface area (Å²) >= 11 is 0. The maximum absolute atomic E-state index is 10.8. The van der Waals surface area contributed by atoms with E-state index in [1.165, 1.54) is 50.6 Å². The van der Waals surface area contributed by atoms with Gasteiger partial charge in [-0.05, 0) is 38.8 Å². The van der Waals surface area contributed by atoms with Gasteiger partial charge in [0.15, 0.2) is 0 Å². The van der Waals surface area contributed by atoms with Crippen LogP contribution in [-0.4, -0.2) is 115 Å². The van der Waals surface area contributed by atoms with Crippen molar-refractivity contribution in [3.8, 4) is 0 Å². The van der Waals surface area contributed by atoms with Crippen LogP contribution in [0.2, 0.25) is 0 Å². The molecule has 0 atom stereocenters. The SMILES string of the molecule is C.C.C.C.CC.COC(=O)C1=CCNCC1.COC(=O)C1=CC[N-]CC1.O=C(O)C1=CCNCC1.O=C(O)C1=CC[N-]CC1.O=[N+]([O-])c1ccccc1.O=[N+]([O-])c1ccccc1.O=[N+]([O-])c1ccccc1.[CH3-].[CH3-].[Y].[Y]. The second-order valence-electron chi connectivity index (χ2n) is 13.0. The Hall–Kier alpha value is -5.25. The minimum Gasteiger partial charge on any atom is -0.659 e. The number of carboxylic acids is 2. The Kier molecular flexibility index (Phi) is 69.1. The number of non-ortho nitro benzene ring substituents is 3. The third-order valence-electron chi connectivity index (χ3n) is 8.49. The number of hydrogen-bond acceptors (Lipinski definition) is 14. The number of aliphatic carboxylic acids is 2. The van der Waals surface area contributed by atoms with E-state index in [9.17, 15) is 49.5 Å². The third-order valence-corrected chi connectivity index (χ3v) is 8.49. The van der Waals surface area contributed by atoms with Crippen molar-refractivity contribution in [1.29, 1.82) is 0 Å². The Bertz CT molecular complexity index is 1900. The molecule has 4 heterocycles. The van der Waals surface area contributed by atoms with E-state index < -0.39 is 26.7 Å². The summed E-state index contributed by atoms with van der Waals surface area (Å²) in [7, 11) is 2.81. The van der Waals surface area contributed by atoms with Gasteiger partial charge < -0.3 is 55.8 Å². The van der Waals surface area contributed by atoms with E-state index in [0.717, 1.165) is 50.2 Å². The molecule has 0 aliphatic carbocycles. The van der Waals surface area contributed by atoms with Crippen LogP contribution in [0.1, 0.15) is 69.2 Å². The summed E-state index contributed by atoms with van der Waals surface area (Å²) in [5.41, 5.74) is 3.00. The van der Waals surface area contributed by atoms with Crippen LogP contribution in [0.15, 0.2) is 138 Å². The average molecular weight is 1210 g/mol. The fourth-order valence-corrected chi connectivity index (χ4v) is 5.05. The van der Waals surface area contributed by atoms with Crippen molar-refractivity contribution < 1.29 is 119 Å². The summed E-state index contributed by atoms with van der Waals surface area (Å²) < 4.78 is 9.10. The maximum atomic E-state index is 10.8. The molecule has 4 aliphatic rings. The van der Waals surface area contributed by atoms with Crippen LogP contribution in [0.5, 0.6) is 0 Å². The molecule has 7 rings (SSSR count). The molecule has 4 aliphatic heterocycles. The number of esters is 2. The van der Waals surface area contributed by atoms with Gasteiger partial charge in [0.05, 0.1) is 29.0 Å². The Morgan fingerprint density at radius 3 is 0.947 bits per heavy atom. The summed E-state index contributed by atoms with van der Waals surface area (Å²) in [5.74, 6) is -1.99. The first-order valence-electron chi connectivity index (χ1n) is 20.9. The number of rotatable bonds is 7. The second-order valence-corrected chi connectivity index (χ2v) is 13.0. The van der Waals surface area contributed by atoms with Crippen molar-refractivity contribution in [1.82, 2.24) is 10.6 Å². The van der Waals surface area contributed by atoms with Gasteiger partial charge in [0.1, 0.15) is 0 Å². The number of nitro benzene ring substituents is 3. The maximum Gasteiger partial charge on any atom is 0.333 e. The molecule has 0 spiro atoms. The van der Waals surface area contributed by atoms with Gasteiger partial charge in [-0.15, -0.1) is 26.2 Å². The average Bonchev–Trinajstić information content (AvgIpc) is 3.39. The summed E-state index contributed by atoms with van der Waals surface area (Å²) in [6.45, 7) is 9.79. The number of ether oxygens (including phenoxy) is 2. The van der Waals surface area contributed by atoms with Gasteiger partial charge in [-0.2, -0.15) is 0 Å². The summed E-state index contributed by atoms with van der Waals surface area (Å²) in [6, 6.07) is 23.8. The first-order valence-corrected chi connectivity index (χ1v) is 20.9. The second kappa shape index (κ2) is 58.0. The van der Waals surface area contributed by atoms with Crippen LogP contribution in [0.25, 0.3) is 10.6 Å². The van der Waals surface area contributed by atoms with E-state index in [1.54, 1.807) is 66.7 Å². The molecule has 0 saturated heterocycles. The zero-order valence-corrected chi connectivity index (χ0v) is 46.8. The third kappa shape index (κ3) is 44.7. The molecule has 3 aromatic carbocycles. The van der Waals surface area contributed by atoms with Crippen molar-refractivity contribution in [3.05, 3.63) is 193 Å². The number of carboxylic acid groups (broad SMARTS) is 2. The van der Waals surface area contributed by atoms with Crippen LogP contribution in [-0.2, 0) is 94.1 Å². The van der Waals surface area contributed by atoms with E-state index in [1.807, 2.05) is 26.0 Å². The molecule has 0 bridgehead atoms. The molecule has 21 nitrogen and oxygen atoms in total. The molecule has 4 N–H and O–H groups in total. The number of methoxy groups -OCH3 is 2. The van der Waals surface area contributed by atoms with Crippen LogP contribution in [0.3, 0.4) is 0 Å². The van der Waals surface area contributed by atoms with Crippen LogP contribution >= 0.6 is 0 Å². The van der Waals surface area contributed by atoms with E-state index in [-0.39, 0.29) is 139 Å². The van der Waals surface area contributed by atoms with Crippen molar-refractivity contribution >= 4 is 40.9 Å². The molecular formula is C52H81N7O14Y2-4. The number of para-hydroxylation sites is 3. The molecule has 2 radical (unpaired) electrons. The van der Waals surface area contributed by atoms with Crippen molar-refractivity contribution in [2.24, 2.45) is 0 Å². The largest absolute Gasteiger partial charge is 0.659 e. The molecule has 0 saturated carbocycles. The zero-order valence-electron chi connectivity index (χ0n) is 41.1. The topological polar surface area (TPSA) is 309 Å². The minimum absolute atomic E-state index is 0. The number of carbonyl (C=O) groups is 4. The molecule has 0 unspecified atom stereocenters. The summed E-state index contributed by atoms with van der Waals surface area (Å²) in [5, 5.41) is 61.1. The fraction of sp³-hybridized carbons (Fsp3) is 0.385. The standard InChI is InChI=1S/C7H11NO2.C7H10NO2.C6H9NO2.C6H8NO2.3C6H5NO2.C2H6.4CH4.2CH3.2Y/c2*1-10-7(9)6-2-4-8-5-3-6;2*8-6(9)5-1-3-7-4-2-5;3*8-7(9)6-4-2-1-3-5-6;1-2;;;;;;;;/h2,8H,3-5H2,1H3;2H,3-5H2,1H3;1,7H,2-4H2,(H,8,9);1H,2-4H2,(H,8,9);3*1-5H;1-2H3;4*1H4;2*1H3;;/q;-1;;-1;;;;;;;;;2*-1;;. The Morgan fingerprint density at radius 1 is 0.493 bits per heavy atom. The number of carbonyl (C=O) groups excluding carboxylic acids is 2. The van der Waals surface area contributed by atoms with Crippen molar-refractivity contribution in [2.45, 2.75) is 69.2 Å². The Labute approximate surface area is 496 Å². The molecule has 0 aromatic heterocycles. The zero-order chi connectivity index (χ0) is 50.2. The van der Waals surface area contributed by atoms with E-state index in [0.29, 0.717) is 50.2 Å². The normalized spacial score (nSPS) is 12.6. The van der Waals surface area contributed by atoms with Crippen molar-refractivity contribution in [3.63, 3.8) is 0 Å². The van der Waals surface area contributed by atoms with Gasteiger partial charge >= 0.3 is 23.9 Å². The molecular weight excluding hydrogens is 1120 g/mol. The Balaban J connectivity index is -0.0000000946. The number of nitro groups is 3. The smallest absolute Gasteiger partial charge is 0.333 e. The van der Waals surface area contributed by atoms with Gasteiger partial charge in [-0.3, -0.25) is 30.3 Å². The van der Waals surface area contributed by atoms with Gasteiger partial charge in [-0.1, -0.05) is 122 Å². The molecule has 75 heavy (non-hydrogen) atoms. The first-order chi connectivity index (χ1) is 32.2. The number of nitrogens with one attached hydrogen (secondary N) is 2. The molecule has 3 aromatic rings. The molecule has 418 valence electrons. The van der Waals surface area contributed by atoms with Gasteiger partial charge in [0, 0.05) is 137 Å². The summed E-state index contributed by atoms with van der Waals surface area (Å²) in [6.07, 6.45) is 9.81. The minimum atomic E-state index is -0.801. The van der Waals surface area contributed by atoms with Crippen LogP contribution < -0.4 is 10.6 Å². The predicted octanol–water partition coefficient (Wildman–Crippen LogP) is 11.0. The quantitative estimate of drug-likeness (QED) is 0.0739. The molecule has 23 heteroatoms. The van der Waals surface area contributed by atoms with Gasteiger partial charge in [0.2, 0.25) is 0 Å². The van der Waals surface area contributed by atoms with Crippen LogP contribution in [0, 0.1) is 45.2 Å². The summed E-state index contributed by atoms with van der Waals surface area (Å²) in [4.78, 5) is 71.0. The number of benzene rings is 3. The first kappa shape index (κ1) is 89.3. The predicted molar refractivity (Wildman–Crippen MR) is 292 cm³/mol. The van der Waals surface area contributed by atoms with E-state index in [4.69, 9.17) is 10.2 Å². The van der Waals surface area contributed by atoms with Gasteiger partial charge in [0.25, 0.3) is 17.1 Å². The fourth-order valence-electron chi connectivity index (χ4n) is 5.05. The van der Waals surface area contributed by atoms with E-state index >= 15 is 0 Å². The van der Waals surface area contributed by atoms with Gasteiger partial charge in [-0.25, -0.2) is 19.2 Å².